The van der Waals surface area contributed by atoms with Gasteiger partial charge in [-0.3, -0.25) is 19.7 Å². The summed E-state index contributed by atoms with van der Waals surface area (Å²) in [6, 6.07) is 4.55. The second-order valence-electron chi connectivity index (χ2n) is 4.09. The molecule has 100 valence electrons. The Balaban J connectivity index is 2.24. The van der Waals surface area contributed by atoms with E-state index in [1.54, 1.807) is 0 Å². The molecular formula is C12H13N3O4. The molecule has 3 N–H and O–H groups in total. The van der Waals surface area contributed by atoms with Crippen molar-refractivity contribution < 1.29 is 19.1 Å². The van der Waals surface area contributed by atoms with Gasteiger partial charge in [-0.15, -0.1) is 0 Å². The van der Waals surface area contributed by atoms with Crippen molar-refractivity contribution in [2.24, 2.45) is 0 Å². The van der Waals surface area contributed by atoms with Gasteiger partial charge in [-0.2, -0.15) is 0 Å². The normalized spacial score (nSPS) is 15.1. The van der Waals surface area contributed by atoms with Crippen molar-refractivity contribution in [3.8, 4) is 5.75 Å². The van der Waals surface area contributed by atoms with E-state index >= 15 is 0 Å². The molecule has 1 heterocycles. The molecule has 19 heavy (non-hydrogen) atoms. The second kappa shape index (κ2) is 4.97. The van der Waals surface area contributed by atoms with Crippen LogP contribution in [0.2, 0.25) is 0 Å². The molecule has 0 unspecified atom stereocenters. The lowest BCUT2D eigenvalue weighted by Gasteiger charge is -2.25. The summed E-state index contributed by atoms with van der Waals surface area (Å²) >= 11 is 0. The number of nitrogens with zero attached hydrogens (tertiary/aromatic N) is 1. The molecule has 0 aromatic heterocycles. The van der Waals surface area contributed by atoms with Crippen LogP contribution in [0.15, 0.2) is 18.2 Å². The van der Waals surface area contributed by atoms with Gasteiger partial charge < -0.3 is 15.4 Å². The summed E-state index contributed by atoms with van der Waals surface area (Å²) in [7, 11) is 1.44. The first-order valence-corrected chi connectivity index (χ1v) is 5.56. The van der Waals surface area contributed by atoms with Crippen LogP contribution in [0.5, 0.6) is 5.75 Å². The maximum absolute atomic E-state index is 12.2. The molecule has 7 heteroatoms. The minimum atomic E-state index is -0.494. The molecule has 0 aliphatic carbocycles. The van der Waals surface area contributed by atoms with Gasteiger partial charge in [0.05, 0.1) is 12.8 Å². The lowest BCUT2D eigenvalue weighted by molar-refractivity contribution is -0.135. The Hall–Kier alpha value is -2.57. The first kappa shape index (κ1) is 12.9. The minimum absolute atomic E-state index is 0.142. The highest BCUT2D eigenvalue weighted by molar-refractivity contribution is 6.05. The summed E-state index contributed by atoms with van der Waals surface area (Å²) in [4.78, 5) is 35.8. The summed E-state index contributed by atoms with van der Waals surface area (Å²) in [6.07, 6.45) is 0. The fraction of sp³-hybridized carbons (Fsp3) is 0.250. The average Bonchev–Trinajstić information content (AvgIpc) is 2.37. The molecule has 3 amide bonds. The third kappa shape index (κ3) is 2.65. The number of nitrogen functional groups attached to an aromatic ring is 1. The van der Waals surface area contributed by atoms with E-state index in [0.29, 0.717) is 17.0 Å². The highest BCUT2D eigenvalue weighted by atomic mass is 16.5. The van der Waals surface area contributed by atoms with Gasteiger partial charge in [0.25, 0.3) is 5.91 Å². The summed E-state index contributed by atoms with van der Waals surface area (Å²) in [5, 5.41) is 2.13. The molecule has 0 radical (unpaired) electrons. The third-order valence-corrected chi connectivity index (χ3v) is 2.72. The quantitative estimate of drug-likeness (QED) is 0.546. The van der Waals surface area contributed by atoms with E-state index < -0.39 is 17.7 Å². The van der Waals surface area contributed by atoms with E-state index in [2.05, 4.69) is 5.32 Å². The molecule has 0 spiro atoms. The van der Waals surface area contributed by atoms with Gasteiger partial charge in [0.1, 0.15) is 18.8 Å². The highest BCUT2D eigenvalue weighted by Crippen LogP contribution is 2.23. The summed E-state index contributed by atoms with van der Waals surface area (Å²) in [5.41, 5.74) is 6.38. The predicted molar refractivity (Wildman–Crippen MR) is 66.5 cm³/mol. The van der Waals surface area contributed by atoms with Gasteiger partial charge in [-0.05, 0) is 18.2 Å². The van der Waals surface area contributed by atoms with Crippen molar-refractivity contribution in [1.29, 1.82) is 0 Å². The molecule has 1 aliphatic heterocycles. The molecule has 0 saturated carbocycles. The topological polar surface area (TPSA) is 102 Å². The number of carbonyl (C=O) groups excluding carboxylic acids is 3. The Morgan fingerprint density at radius 3 is 2.53 bits per heavy atom. The van der Waals surface area contributed by atoms with Crippen molar-refractivity contribution in [3.63, 3.8) is 0 Å². The number of nitrogens with two attached hydrogens (primary N) is 1. The number of piperazine rings is 1. The van der Waals surface area contributed by atoms with Crippen LogP contribution in [0.1, 0.15) is 10.4 Å². The van der Waals surface area contributed by atoms with Crippen LogP contribution in [0.4, 0.5) is 5.69 Å². The number of hydrogen-bond acceptors (Lipinski definition) is 5. The number of anilines is 1. The zero-order valence-corrected chi connectivity index (χ0v) is 10.3. The fourth-order valence-electron chi connectivity index (χ4n) is 1.81. The van der Waals surface area contributed by atoms with Gasteiger partial charge in [-0.25, -0.2) is 0 Å². The van der Waals surface area contributed by atoms with E-state index in [0.717, 1.165) is 0 Å². The van der Waals surface area contributed by atoms with E-state index in [-0.39, 0.29) is 13.1 Å². The van der Waals surface area contributed by atoms with E-state index in [1.807, 2.05) is 0 Å². The van der Waals surface area contributed by atoms with E-state index in [9.17, 15) is 14.4 Å². The van der Waals surface area contributed by atoms with Crippen molar-refractivity contribution in [3.05, 3.63) is 23.8 Å². The smallest absolute Gasteiger partial charge is 0.254 e. The van der Waals surface area contributed by atoms with Crippen molar-refractivity contribution in [2.75, 3.05) is 25.9 Å². The number of ether oxygens (including phenoxy) is 1. The Morgan fingerprint density at radius 2 is 1.95 bits per heavy atom. The SMILES string of the molecule is COc1cc(C(=O)N2CC(=O)NC(=O)C2)ccc1N. The molecule has 1 saturated heterocycles. The Bertz CT molecular complexity index is 540. The number of carbonyl (C=O) groups is 3. The minimum Gasteiger partial charge on any atom is -0.495 e. The lowest BCUT2D eigenvalue weighted by Crippen LogP contribution is -2.53. The fourth-order valence-corrected chi connectivity index (χ4v) is 1.81. The molecular weight excluding hydrogens is 250 g/mol. The summed E-state index contributed by atoms with van der Waals surface area (Å²) < 4.78 is 5.02. The number of amides is 3. The number of rotatable bonds is 2. The molecule has 2 rings (SSSR count). The van der Waals surface area contributed by atoms with Crippen LogP contribution in [-0.2, 0) is 9.59 Å². The van der Waals surface area contributed by atoms with Crippen molar-refractivity contribution in [2.45, 2.75) is 0 Å². The maximum Gasteiger partial charge on any atom is 0.254 e. The summed E-state index contributed by atoms with van der Waals surface area (Å²) in [5.74, 6) is -1.03. The molecule has 1 aromatic rings. The number of hydrogen-bond donors (Lipinski definition) is 2. The van der Waals surface area contributed by atoms with E-state index in [4.69, 9.17) is 10.5 Å². The third-order valence-electron chi connectivity index (χ3n) is 2.72. The predicted octanol–water partition coefficient (Wildman–Crippen LogP) is -0.624. The average molecular weight is 263 g/mol. The van der Waals surface area contributed by atoms with Gasteiger partial charge in [0.2, 0.25) is 11.8 Å². The van der Waals surface area contributed by atoms with Crippen LogP contribution >= 0.6 is 0 Å². The van der Waals surface area contributed by atoms with Crippen LogP contribution in [-0.4, -0.2) is 42.8 Å². The zero-order chi connectivity index (χ0) is 14.0. The number of imide groups is 1. The number of nitrogens with one attached hydrogen (secondary N) is 1. The van der Waals surface area contributed by atoms with Gasteiger partial charge in [-0.1, -0.05) is 0 Å². The number of benzene rings is 1. The molecule has 1 aliphatic rings. The highest BCUT2D eigenvalue weighted by Gasteiger charge is 2.27. The molecule has 0 bridgehead atoms. The lowest BCUT2D eigenvalue weighted by atomic mass is 10.1. The Labute approximate surface area is 109 Å². The van der Waals surface area contributed by atoms with Gasteiger partial charge >= 0.3 is 0 Å². The van der Waals surface area contributed by atoms with Gasteiger partial charge in [0, 0.05) is 5.56 Å². The Kier molecular flexibility index (Phi) is 3.37. The standard InChI is InChI=1S/C12H13N3O4/c1-19-9-4-7(2-3-8(9)13)12(18)15-5-10(16)14-11(17)6-15/h2-4H,5-6,13H2,1H3,(H,14,16,17). The van der Waals surface area contributed by atoms with Crippen LogP contribution in [0.25, 0.3) is 0 Å². The second-order valence-corrected chi connectivity index (χ2v) is 4.09. The largest absolute Gasteiger partial charge is 0.495 e. The molecule has 7 nitrogen and oxygen atoms in total. The molecule has 1 fully saturated rings. The Morgan fingerprint density at radius 1 is 1.32 bits per heavy atom. The number of methoxy groups -OCH3 is 1. The first-order chi connectivity index (χ1) is 9.01. The van der Waals surface area contributed by atoms with Crippen molar-refractivity contribution in [1.82, 2.24) is 10.2 Å². The zero-order valence-electron chi connectivity index (χ0n) is 10.3. The summed E-state index contributed by atoms with van der Waals surface area (Å²) in [6.45, 7) is -0.283. The van der Waals surface area contributed by atoms with E-state index in [1.165, 1.54) is 30.2 Å². The van der Waals surface area contributed by atoms with Crippen LogP contribution in [0, 0.1) is 0 Å². The maximum atomic E-state index is 12.2. The molecule has 1 aromatic carbocycles. The molecule has 0 atom stereocenters. The first-order valence-electron chi connectivity index (χ1n) is 5.56. The monoisotopic (exact) mass is 263 g/mol. The van der Waals surface area contributed by atoms with Crippen LogP contribution in [0.3, 0.4) is 0 Å². The van der Waals surface area contributed by atoms with Crippen LogP contribution < -0.4 is 15.8 Å². The van der Waals surface area contributed by atoms with Crippen molar-refractivity contribution >= 4 is 23.4 Å². The van der Waals surface area contributed by atoms with Gasteiger partial charge in [0.15, 0.2) is 0 Å².